The van der Waals surface area contributed by atoms with Crippen molar-refractivity contribution in [3.8, 4) is 0 Å². The van der Waals surface area contributed by atoms with Gasteiger partial charge in [-0.2, -0.15) is 0 Å². The van der Waals surface area contributed by atoms with Crippen LogP contribution >= 0.6 is 0 Å². The van der Waals surface area contributed by atoms with Gasteiger partial charge < -0.3 is 15.5 Å². The first-order valence-electron chi connectivity index (χ1n) is 18.7. The highest BCUT2D eigenvalue weighted by Crippen LogP contribution is 2.15. The number of hydrogen-bond acceptors (Lipinski definition) is 3. The van der Waals surface area contributed by atoms with Crippen LogP contribution in [-0.4, -0.2) is 34.9 Å². The summed E-state index contributed by atoms with van der Waals surface area (Å²) in [5.74, 6) is -0.167. The molecule has 252 valence electrons. The van der Waals surface area contributed by atoms with Gasteiger partial charge in [0.05, 0.1) is 18.8 Å². The Hall–Kier alpha value is -1.39. The topological polar surface area (TPSA) is 69.6 Å². The Balaban J connectivity index is 3.35. The summed E-state index contributed by atoms with van der Waals surface area (Å²) in [5.41, 5.74) is 0. The molecule has 4 heteroatoms. The molecule has 4 nitrogen and oxygen atoms in total. The van der Waals surface area contributed by atoms with Gasteiger partial charge in [0.25, 0.3) is 0 Å². The van der Waals surface area contributed by atoms with Crippen molar-refractivity contribution in [3.05, 3.63) is 36.5 Å². The average molecular weight is 604 g/mol. The second kappa shape index (κ2) is 35.1. The van der Waals surface area contributed by atoms with E-state index in [9.17, 15) is 15.0 Å². The highest BCUT2D eigenvalue weighted by molar-refractivity contribution is 5.75. The molecule has 0 saturated heterocycles. The van der Waals surface area contributed by atoms with Crippen LogP contribution in [0.1, 0.15) is 187 Å². The van der Waals surface area contributed by atoms with E-state index in [1.165, 1.54) is 141 Å². The van der Waals surface area contributed by atoms with Crippen LogP contribution < -0.4 is 5.32 Å². The Kier molecular flexibility index (Phi) is 34.0. The number of unbranched alkanes of at least 4 members (excludes halogenated alkanes) is 23. The fourth-order valence-electron chi connectivity index (χ4n) is 5.47. The predicted molar refractivity (Wildman–Crippen MR) is 188 cm³/mol. The summed E-state index contributed by atoms with van der Waals surface area (Å²) in [6, 6.07) is -0.639. The van der Waals surface area contributed by atoms with Gasteiger partial charge in [-0.1, -0.05) is 179 Å². The van der Waals surface area contributed by atoms with E-state index in [0.29, 0.717) is 6.42 Å². The number of carbonyl (C=O) groups excluding carboxylic acids is 1. The maximum Gasteiger partial charge on any atom is 0.220 e. The van der Waals surface area contributed by atoms with Gasteiger partial charge >= 0.3 is 0 Å². The molecule has 3 N–H and O–H groups in total. The zero-order valence-corrected chi connectivity index (χ0v) is 28.7. The fourth-order valence-corrected chi connectivity index (χ4v) is 5.47. The van der Waals surface area contributed by atoms with Crippen LogP contribution in [0, 0.1) is 0 Å². The first-order chi connectivity index (χ1) is 21.2. The van der Waals surface area contributed by atoms with Gasteiger partial charge in [-0.25, -0.2) is 0 Å². The molecule has 0 spiro atoms. The number of rotatable bonds is 33. The van der Waals surface area contributed by atoms with Gasteiger partial charge in [-0.05, 0) is 38.5 Å². The molecule has 0 aliphatic carbocycles. The first-order valence-corrected chi connectivity index (χ1v) is 18.7. The van der Waals surface area contributed by atoms with E-state index < -0.39 is 12.1 Å². The van der Waals surface area contributed by atoms with E-state index in [-0.39, 0.29) is 12.5 Å². The molecule has 0 radical (unpaired) electrons. The van der Waals surface area contributed by atoms with E-state index in [1.54, 1.807) is 13.0 Å². The summed E-state index contributed by atoms with van der Waals surface area (Å²) < 4.78 is 0. The Morgan fingerprint density at radius 3 is 1.26 bits per heavy atom. The Bertz CT molecular complexity index is 657. The standard InChI is InChI=1S/C39H73NO3/c1-3-5-6-7-8-9-10-11-12-13-14-15-16-17-18-19-20-21-22-23-24-25-26-27-28-29-30-31-32-33-34-35-38(42)37(36-41)40-39(43)4-2/h26-27,30-31,34-35,37-38,41-42H,3-25,28-29,32-33,36H2,1-2H3,(H,40,43)/b27-26+,31-30+,35-34+. The van der Waals surface area contributed by atoms with Crippen LogP contribution in [-0.2, 0) is 4.79 Å². The third-order valence-electron chi connectivity index (χ3n) is 8.42. The van der Waals surface area contributed by atoms with Crippen LogP contribution in [0.15, 0.2) is 36.5 Å². The van der Waals surface area contributed by atoms with Crippen molar-refractivity contribution >= 4 is 5.91 Å². The van der Waals surface area contributed by atoms with Crippen molar-refractivity contribution in [2.24, 2.45) is 0 Å². The molecule has 2 atom stereocenters. The largest absolute Gasteiger partial charge is 0.394 e. The lowest BCUT2D eigenvalue weighted by Crippen LogP contribution is -2.44. The molecule has 0 aliphatic rings. The zero-order valence-electron chi connectivity index (χ0n) is 28.7. The number of allylic oxidation sites excluding steroid dienone is 5. The Morgan fingerprint density at radius 1 is 0.535 bits per heavy atom. The number of amides is 1. The number of aliphatic hydroxyl groups excluding tert-OH is 2. The maximum atomic E-state index is 11.4. The second-order valence-corrected chi connectivity index (χ2v) is 12.6. The third kappa shape index (κ3) is 31.8. The summed E-state index contributed by atoms with van der Waals surface area (Å²) >= 11 is 0. The maximum absolute atomic E-state index is 11.4. The van der Waals surface area contributed by atoms with Gasteiger partial charge in [-0.3, -0.25) is 4.79 Å². The molecule has 43 heavy (non-hydrogen) atoms. The van der Waals surface area contributed by atoms with Crippen molar-refractivity contribution < 1.29 is 15.0 Å². The number of hydrogen-bond donors (Lipinski definition) is 3. The number of carbonyl (C=O) groups is 1. The summed E-state index contributed by atoms with van der Waals surface area (Å²) in [5, 5.41) is 22.0. The molecule has 2 unspecified atom stereocenters. The van der Waals surface area contributed by atoms with Gasteiger partial charge in [0.1, 0.15) is 0 Å². The molecule has 0 aromatic rings. The highest BCUT2D eigenvalue weighted by Gasteiger charge is 2.17. The lowest BCUT2D eigenvalue weighted by molar-refractivity contribution is -0.122. The third-order valence-corrected chi connectivity index (χ3v) is 8.42. The van der Waals surface area contributed by atoms with E-state index in [4.69, 9.17) is 0 Å². The second-order valence-electron chi connectivity index (χ2n) is 12.6. The quantitative estimate of drug-likeness (QED) is 0.0516. The van der Waals surface area contributed by atoms with E-state index in [2.05, 4.69) is 36.5 Å². The molecule has 0 aliphatic heterocycles. The van der Waals surface area contributed by atoms with Crippen LogP contribution in [0.25, 0.3) is 0 Å². The van der Waals surface area contributed by atoms with Crippen molar-refractivity contribution in [1.82, 2.24) is 5.32 Å². The predicted octanol–water partition coefficient (Wildman–Crippen LogP) is 11.1. The molecule has 0 heterocycles. The van der Waals surface area contributed by atoms with Crippen LogP contribution in [0.4, 0.5) is 0 Å². The van der Waals surface area contributed by atoms with Gasteiger partial charge in [0, 0.05) is 6.42 Å². The Labute approximate surface area is 268 Å². The van der Waals surface area contributed by atoms with Crippen molar-refractivity contribution in [3.63, 3.8) is 0 Å². The summed E-state index contributed by atoms with van der Waals surface area (Å²) in [4.78, 5) is 11.4. The zero-order chi connectivity index (χ0) is 31.5. The molecule has 0 rings (SSSR count). The molecular weight excluding hydrogens is 530 g/mol. The molecular formula is C39H73NO3. The number of nitrogens with one attached hydrogen (secondary N) is 1. The molecule has 0 aromatic carbocycles. The smallest absolute Gasteiger partial charge is 0.220 e. The van der Waals surface area contributed by atoms with Crippen LogP contribution in [0.5, 0.6) is 0 Å². The summed E-state index contributed by atoms with van der Waals surface area (Å²) in [7, 11) is 0. The van der Waals surface area contributed by atoms with E-state index in [0.717, 1.165) is 25.7 Å². The minimum absolute atomic E-state index is 0.167. The van der Waals surface area contributed by atoms with Crippen LogP contribution in [0.3, 0.4) is 0 Å². The lowest BCUT2D eigenvalue weighted by atomic mass is 10.0. The van der Waals surface area contributed by atoms with Gasteiger partial charge in [-0.15, -0.1) is 0 Å². The van der Waals surface area contributed by atoms with Crippen molar-refractivity contribution in [1.29, 1.82) is 0 Å². The lowest BCUT2D eigenvalue weighted by Gasteiger charge is -2.19. The molecule has 0 fully saturated rings. The van der Waals surface area contributed by atoms with Gasteiger partial charge in [0.15, 0.2) is 0 Å². The first kappa shape index (κ1) is 41.6. The average Bonchev–Trinajstić information content (AvgIpc) is 3.02. The van der Waals surface area contributed by atoms with E-state index in [1.807, 2.05) is 6.08 Å². The Morgan fingerprint density at radius 2 is 0.884 bits per heavy atom. The molecule has 0 aromatic heterocycles. The number of aliphatic hydroxyl groups is 2. The molecule has 0 saturated carbocycles. The summed E-state index contributed by atoms with van der Waals surface area (Å²) in [6.07, 6.45) is 47.4. The molecule has 0 bridgehead atoms. The van der Waals surface area contributed by atoms with Crippen molar-refractivity contribution in [2.45, 2.75) is 199 Å². The highest BCUT2D eigenvalue weighted by atomic mass is 16.3. The minimum Gasteiger partial charge on any atom is -0.394 e. The fraction of sp³-hybridized carbons (Fsp3) is 0.821. The monoisotopic (exact) mass is 604 g/mol. The molecule has 1 amide bonds. The minimum atomic E-state index is -0.863. The van der Waals surface area contributed by atoms with E-state index >= 15 is 0 Å². The van der Waals surface area contributed by atoms with Crippen LogP contribution in [0.2, 0.25) is 0 Å². The summed E-state index contributed by atoms with van der Waals surface area (Å²) in [6.45, 7) is 3.77. The normalized spacial score (nSPS) is 13.5. The SMILES string of the molecule is CCCCCCCCCCCCCCCCCCCCCCC/C=C/CC/C=C/CC/C=C/C(O)C(CO)NC(=O)CC. The van der Waals surface area contributed by atoms with Crippen molar-refractivity contribution in [2.75, 3.05) is 6.61 Å². The van der Waals surface area contributed by atoms with Gasteiger partial charge in [0.2, 0.25) is 5.91 Å².